The fourth-order valence-electron chi connectivity index (χ4n) is 1.70. The average molecular weight is 323 g/mol. The third-order valence-electron chi connectivity index (χ3n) is 2.71. The van der Waals surface area contributed by atoms with E-state index in [0.29, 0.717) is 6.54 Å². The van der Waals surface area contributed by atoms with Crippen molar-refractivity contribution in [1.82, 2.24) is 4.98 Å². The number of halogens is 1. The number of hydrogen-bond donors (Lipinski definition) is 1. The minimum atomic E-state index is 0.706. The van der Waals surface area contributed by atoms with Crippen molar-refractivity contribution >= 4 is 21.6 Å². The number of aromatic nitrogens is 1. The largest absolute Gasteiger partial charge is 0.495 e. The van der Waals surface area contributed by atoms with Gasteiger partial charge in [-0.1, -0.05) is 0 Å². The molecule has 0 aliphatic rings. The Balaban J connectivity index is 2.18. The number of rotatable bonds is 5. The lowest BCUT2D eigenvalue weighted by molar-refractivity contribution is 0.393. The van der Waals surface area contributed by atoms with Crippen LogP contribution in [0.2, 0.25) is 0 Å². The molecule has 0 aliphatic heterocycles. The Morgan fingerprint density at radius 3 is 2.42 bits per heavy atom. The van der Waals surface area contributed by atoms with Gasteiger partial charge in [0, 0.05) is 25.0 Å². The first-order valence-corrected chi connectivity index (χ1v) is 6.58. The SMILES string of the molecule is COc1cc(OC)c(NCc2ccncc2)cc1Br. The molecule has 0 unspecified atom stereocenters. The zero-order valence-corrected chi connectivity index (χ0v) is 12.4. The van der Waals surface area contributed by atoms with Crippen molar-refractivity contribution in [3.63, 3.8) is 0 Å². The van der Waals surface area contributed by atoms with Gasteiger partial charge in [-0.2, -0.15) is 0 Å². The average Bonchev–Trinajstić information content (AvgIpc) is 2.46. The van der Waals surface area contributed by atoms with Crippen LogP contribution < -0.4 is 14.8 Å². The maximum Gasteiger partial charge on any atom is 0.145 e. The molecule has 0 spiro atoms. The lowest BCUT2D eigenvalue weighted by Crippen LogP contribution is -2.02. The molecule has 0 amide bonds. The highest BCUT2D eigenvalue weighted by atomic mass is 79.9. The fraction of sp³-hybridized carbons (Fsp3) is 0.214. The molecule has 100 valence electrons. The van der Waals surface area contributed by atoms with Crippen molar-refractivity contribution in [3.8, 4) is 11.5 Å². The highest BCUT2D eigenvalue weighted by molar-refractivity contribution is 9.10. The Kier molecular flexibility index (Phi) is 4.63. The van der Waals surface area contributed by atoms with Gasteiger partial charge in [-0.25, -0.2) is 0 Å². The highest BCUT2D eigenvalue weighted by Crippen LogP contribution is 2.36. The van der Waals surface area contributed by atoms with E-state index in [9.17, 15) is 0 Å². The van der Waals surface area contributed by atoms with E-state index in [0.717, 1.165) is 27.2 Å². The van der Waals surface area contributed by atoms with Crippen molar-refractivity contribution in [2.45, 2.75) is 6.54 Å². The van der Waals surface area contributed by atoms with Crippen molar-refractivity contribution in [2.24, 2.45) is 0 Å². The number of benzene rings is 1. The van der Waals surface area contributed by atoms with Crippen LogP contribution in [0.1, 0.15) is 5.56 Å². The molecule has 1 N–H and O–H groups in total. The molecular formula is C14H15BrN2O2. The third-order valence-corrected chi connectivity index (χ3v) is 3.33. The molecule has 5 heteroatoms. The van der Waals surface area contributed by atoms with E-state index in [1.165, 1.54) is 0 Å². The summed E-state index contributed by atoms with van der Waals surface area (Å²) in [6.07, 6.45) is 3.55. The van der Waals surface area contributed by atoms with E-state index in [2.05, 4.69) is 26.2 Å². The van der Waals surface area contributed by atoms with Gasteiger partial charge in [0.25, 0.3) is 0 Å². The number of hydrogen-bond acceptors (Lipinski definition) is 4. The first-order valence-electron chi connectivity index (χ1n) is 5.79. The van der Waals surface area contributed by atoms with E-state index < -0.39 is 0 Å². The third kappa shape index (κ3) is 3.38. The van der Waals surface area contributed by atoms with Gasteiger partial charge in [0.15, 0.2) is 0 Å². The van der Waals surface area contributed by atoms with Crippen LogP contribution >= 0.6 is 15.9 Å². The molecule has 1 aromatic heterocycles. The zero-order valence-electron chi connectivity index (χ0n) is 10.8. The summed E-state index contributed by atoms with van der Waals surface area (Å²) in [5, 5.41) is 3.33. The number of pyridine rings is 1. The molecule has 1 heterocycles. The summed E-state index contributed by atoms with van der Waals surface area (Å²) in [5.74, 6) is 1.49. The molecule has 0 bridgehead atoms. The maximum absolute atomic E-state index is 5.36. The number of anilines is 1. The Morgan fingerprint density at radius 2 is 1.79 bits per heavy atom. The van der Waals surface area contributed by atoms with Crippen LogP contribution in [0, 0.1) is 0 Å². The molecule has 0 saturated carbocycles. The van der Waals surface area contributed by atoms with Gasteiger partial charge in [0.05, 0.1) is 24.4 Å². The smallest absolute Gasteiger partial charge is 0.145 e. The van der Waals surface area contributed by atoms with Gasteiger partial charge < -0.3 is 14.8 Å². The molecule has 0 aliphatic carbocycles. The maximum atomic E-state index is 5.36. The lowest BCUT2D eigenvalue weighted by atomic mass is 10.2. The van der Waals surface area contributed by atoms with Crippen molar-refractivity contribution in [2.75, 3.05) is 19.5 Å². The molecule has 0 saturated heterocycles. The number of nitrogens with zero attached hydrogens (tertiary/aromatic N) is 1. The van der Waals surface area contributed by atoms with E-state index in [1.807, 2.05) is 24.3 Å². The summed E-state index contributed by atoms with van der Waals surface area (Å²) >= 11 is 3.47. The van der Waals surface area contributed by atoms with Crippen LogP contribution in [-0.4, -0.2) is 19.2 Å². The van der Waals surface area contributed by atoms with Crippen LogP contribution in [0.3, 0.4) is 0 Å². The van der Waals surface area contributed by atoms with Gasteiger partial charge in [0.2, 0.25) is 0 Å². The van der Waals surface area contributed by atoms with Crippen molar-refractivity contribution < 1.29 is 9.47 Å². The van der Waals surface area contributed by atoms with E-state index in [-0.39, 0.29) is 0 Å². The minimum Gasteiger partial charge on any atom is -0.495 e. The number of nitrogens with one attached hydrogen (secondary N) is 1. The molecule has 19 heavy (non-hydrogen) atoms. The van der Waals surface area contributed by atoms with E-state index in [1.54, 1.807) is 26.6 Å². The molecule has 0 fully saturated rings. The normalized spacial score (nSPS) is 10.1. The van der Waals surface area contributed by atoms with Crippen molar-refractivity contribution in [3.05, 3.63) is 46.7 Å². The summed E-state index contributed by atoms with van der Waals surface area (Å²) < 4.78 is 11.5. The topological polar surface area (TPSA) is 43.4 Å². The molecule has 2 rings (SSSR count). The van der Waals surface area contributed by atoms with E-state index >= 15 is 0 Å². The van der Waals surface area contributed by atoms with Gasteiger partial charge in [-0.3, -0.25) is 4.98 Å². The standard InChI is InChI=1S/C14H15BrN2O2/c1-18-13-8-14(19-2)12(7-11(13)15)17-9-10-3-5-16-6-4-10/h3-8,17H,9H2,1-2H3. The van der Waals surface area contributed by atoms with Crippen LogP contribution in [0.4, 0.5) is 5.69 Å². The Bertz CT molecular complexity index is 547. The molecule has 0 radical (unpaired) electrons. The molecule has 2 aromatic rings. The fourth-order valence-corrected chi connectivity index (χ4v) is 2.20. The summed E-state index contributed by atoms with van der Waals surface area (Å²) in [4.78, 5) is 3.99. The second kappa shape index (κ2) is 6.43. The second-order valence-corrected chi connectivity index (χ2v) is 4.75. The van der Waals surface area contributed by atoms with Crippen LogP contribution in [0.25, 0.3) is 0 Å². The molecular weight excluding hydrogens is 308 g/mol. The van der Waals surface area contributed by atoms with Gasteiger partial charge >= 0.3 is 0 Å². The van der Waals surface area contributed by atoms with Gasteiger partial charge in [-0.05, 0) is 39.7 Å². The van der Waals surface area contributed by atoms with Gasteiger partial charge in [-0.15, -0.1) is 0 Å². The Hall–Kier alpha value is -1.75. The second-order valence-electron chi connectivity index (χ2n) is 3.90. The molecule has 0 atom stereocenters. The monoisotopic (exact) mass is 322 g/mol. The van der Waals surface area contributed by atoms with Crippen LogP contribution in [-0.2, 0) is 6.54 Å². The first kappa shape index (κ1) is 13.7. The lowest BCUT2D eigenvalue weighted by Gasteiger charge is -2.14. The summed E-state index contributed by atoms with van der Waals surface area (Å²) in [5.41, 5.74) is 2.07. The summed E-state index contributed by atoms with van der Waals surface area (Å²) in [6, 6.07) is 7.73. The zero-order chi connectivity index (χ0) is 13.7. The predicted molar refractivity (Wildman–Crippen MR) is 78.8 cm³/mol. The molecule has 4 nitrogen and oxygen atoms in total. The number of methoxy groups -OCH3 is 2. The number of ether oxygens (including phenoxy) is 2. The quantitative estimate of drug-likeness (QED) is 0.915. The van der Waals surface area contributed by atoms with Crippen molar-refractivity contribution in [1.29, 1.82) is 0 Å². The predicted octanol–water partition coefficient (Wildman–Crippen LogP) is 3.47. The Morgan fingerprint density at radius 1 is 1.11 bits per heavy atom. The highest BCUT2D eigenvalue weighted by Gasteiger charge is 2.09. The summed E-state index contributed by atoms with van der Waals surface area (Å²) in [6.45, 7) is 0.706. The van der Waals surface area contributed by atoms with Gasteiger partial charge in [0.1, 0.15) is 11.5 Å². The Labute approximate surface area is 120 Å². The van der Waals surface area contributed by atoms with Crippen LogP contribution in [0.5, 0.6) is 11.5 Å². The minimum absolute atomic E-state index is 0.706. The van der Waals surface area contributed by atoms with Crippen LogP contribution in [0.15, 0.2) is 41.1 Å². The first-order chi connectivity index (χ1) is 9.24. The summed E-state index contributed by atoms with van der Waals surface area (Å²) in [7, 11) is 3.27. The van der Waals surface area contributed by atoms with E-state index in [4.69, 9.17) is 9.47 Å². The molecule has 1 aromatic carbocycles.